The highest BCUT2D eigenvalue weighted by Crippen LogP contribution is 2.33. The summed E-state index contributed by atoms with van der Waals surface area (Å²) in [6.07, 6.45) is -3.74. The first-order valence-electron chi connectivity index (χ1n) is 12.4. The maximum absolute atomic E-state index is 14.1. The van der Waals surface area contributed by atoms with Crippen LogP contribution in [0.4, 0.5) is 26.3 Å². The van der Waals surface area contributed by atoms with Gasteiger partial charge in [-0.2, -0.15) is 13.2 Å². The number of aromatic nitrogens is 1. The van der Waals surface area contributed by atoms with Gasteiger partial charge in [-0.1, -0.05) is 30.3 Å². The summed E-state index contributed by atoms with van der Waals surface area (Å²) in [5.74, 6) is -6.12. The second-order valence-corrected chi connectivity index (χ2v) is 9.58. The SMILES string of the molecule is O=C(NCc1c(F)cc(F)cc1F)c1cn2c(c(OCc3ccccc3)c1=O)C(=O)N1CCN(C(F)(F)F)CC2C1. The molecule has 0 saturated carbocycles. The molecule has 1 saturated heterocycles. The first-order valence-corrected chi connectivity index (χ1v) is 12.4. The van der Waals surface area contributed by atoms with Crippen molar-refractivity contribution in [3.63, 3.8) is 0 Å². The van der Waals surface area contributed by atoms with Crippen LogP contribution in [0.5, 0.6) is 5.75 Å². The highest BCUT2D eigenvalue weighted by Gasteiger charge is 2.45. The molecular weight excluding hydrogens is 558 g/mol. The molecule has 216 valence electrons. The molecule has 2 bridgehead atoms. The Hall–Kier alpha value is -4.33. The number of carbonyl (C=O) groups is 2. The van der Waals surface area contributed by atoms with E-state index in [1.54, 1.807) is 30.3 Å². The molecule has 1 atom stereocenters. The third-order valence-corrected chi connectivity index (χ3v) is 6.94. The van der Waals surface area contributed by atoms with Crippen LogP contribution in [0.3, 0.4) is 0 Å². The highest BCUT2D eigenvalue weighted by atomic mass is 19.4. The van der Waals surface area contributed by atoms with Crippen molar-refractivity contribution in [3.8, 4) is 5.75 Å². The van der Waals surface area contributed by atoms with Crippen molar-refractivity contribution in [2.75, 3.05) is 26.2 Å². The van der Waals surface area contributed by atoms with E-state index in [2.05, 4.69) is 5.32 Å². The van der Waals surface area contributed by atoms with E-state index in [9.17, 15) is 40.7 Å². The quantitative estimate of drug-likeness (QED) is 0.356. The average Bonchev–Trinajstić information content (AvgIpc) is 3.12. The van der Waals surface area contributed by atoms with E-state index in [-0.39, 0.29) is 30.3 Å². The maximum atomic E-state index is 14.1. The Morgan fingerprint density at radius 1 is 1.00 bits per heavy atom. The topological polar surface area (TPSA) is 83.9 Å². The van der Waals surface area contributed by atoms with E-state index in [1.807, 2.05) is 0 Å². The summed E-state index contributed by atoms with van der Waals surface area (Å²) in [5.41, 5.74) is -2.03. The molecule has 14 heteroatoms. The van der Waals surface area contributed by atoms with E-state index in [1.165, 1.54) is 4.90 Å². The molecule has 0 radical (unpaired) electrons. The minimum atomic E-state index is -4.70. The Morgan fingerprint density at radius 2 is 1.68 bits per heavy atom. The average molecular weight is 580 g/mol. The van der Waals surface area contributed by atoms with Crippen LogP contribution >= 0.6 is 0 Å². The lowest BCUT2D eigenvalue weighted by atomic mass is 10.1. The van der Waals surface area contributed by atoms with Crippen LogP contribution in [0.1, 0.15) is 38.0 Å². The highest BCUT2D eigenvalue weighted by molar-refractivity contribution is 5.99. The number of rotatable bonds is 6. The van der Waals surface area contributed by atoms with Gasteiger partial charge in [0.15, 0.2) is 11.4 Å². The molecule has 2 aromatic carbocycles. The van der Waals surface area contributed by atoms with Gasteiger partial charge in [-0.05, 0) is 5.56 Å². The van der Waals surface area contributed by atoms with Crippen LogP contribution in [0.25, 0.3) is 0 Å². The molecule has 0 spiro atoms. The Bertz CT molecular complexity index is 1540. The zero-order chi connectivity index (χ0) is 29.5. The van der Waals surface area contributed by atoms with Gasteiger partial charge in [-0.3, -0.25) is 14.4 Å². The fourth-order valence-corrected chi connectivity index (χ4v) is 4.87. The Labute approximate surface area is 228 Å². The van der Waals surface area contributed by atoms with Gasteiger partial charge in [0.1, 0.15) is 29.6 Å². The number of hydrogen-bond acceptors (Lipinski definition) is 5. The molecule has 0 aliphatic carbocycles. The number of benzene rings is 2. The molecule has 1 unspecified atom stereocenters. The molecule has 3 aromatic rings. The number of carbonyl (C=O) groups excluding carboxylic acids is 2. The Morgan fingerprint density at radius 3 is 2.34 bits per heavy atom. The molecule has 2 aliphatic rings. The van der Waals surface area contributed by atoms with Gasteiger partial charge < -0.3 is 19.5 Å². The molecule has 2 aliphatic heterocycles. The van der Waals surface area contributed by atoms with E-state index >= 15 is 0 Å². The monoisotopic (exact) mass is 580 g/mol. The lowest BCUT2D eigenvalue weighted by Gasteiger charge is -2.35. The van der Waals surface area contributed by atoms with Crippen molar-refractivity contribution >= 4 is 11.8 Å². The van der Waals surface area contributed by atoms with E-state index in [0.29, 0.717) is 17.7 Å². The van der Waals surface area contributed by atoms with Gasteiger partial charge in [0, 0.05) is 56.6 Å². The summed E-state index contributed by atoms with van der Waals surface area (Å²) in [7, 11) is 0. The number of hydrogen-bond donors (Lipinski definition) is 1. The van der Waals surface area contributed by atoms with Gasteiger partial charge in [-0.25, -0.2) is 18.1 Å². The smallest absolute Gasteiger partial charge is 0.460 e. The minimum absolute atomic E-state index is 0.119. The van der Waals surface area contributed by atoms with Crippen LogP contribution < -0.4 is 15.5 Å². The van der Waals surface area contributed by atoms with Crippen molar-refractivity contribution in [1.29, 1.82) is 0 Å². The number of alkyl halides is 3. The Balaban J connectivity index is 1.55. The Kier molecular flexibility index (Phi) is 7.51. The normalized spacial score (nSPS) is 17.2. The zero-order valence-electron chi connectivity index (χ0n) is 21.2. The number of nitrogens with one attached hydrogen (secondary N) is 1. The molecule has 8 nitrogen and oxygen atoms in total. The van der Waals surface area contributed by atoms with Gasteiger partial charge in [-0.15, -0.1) is 0 Å². The van der Waals surface area contributed by atoms with E-state index < -0.39 is 83.5 Å². The predicted octanol–water partition coefficient (Wildman–Crippen LogP) is 3.61. The first kappa shape index (κ1) is 28.2. The number of nitrogens with zero attached hydrogens (tertiary/aromatic N) is 3. The number of fused-ring (bicyclic) bond motifs is 4. The molecule has 3 heterocycles. The van der Waals surface area contributed by atoms with Crippen LogP contribution in [0.15, 0.2) is 53.5 Å². The van der Waals surface area contributed by atoms with Crippen LogP contribution in [0.2, 0.25) is 0 Å². The maximum Gasteiger partial charge on any atom is 0.460 e. The fraction of sp³-hybridized carbons (Fsp3) is 0.296. The predicted molar refractivity (Wildman–Crippen MR) is 132 cm³/mol. The lowest BCUT2D eigenvalue weighted by Crippen LogP contribution is -2.46. The second-order valence-electron chi connectivity index (χ2n) is 9.58. The van der Waals surface area contributed by atoms with Crippen molar-refractivity contribution in [2.24, 2.45) is 0 Å². The number of ether oxygens (including phenoxy) is 1. The third kappa shape index (κ3) is 5.64. The largest absolute Gasteiger partial charge is 0.483 e. The summed E-state index contributed by atoms with van der Waals surface area (Å²) in [5, 5.41) is 2.18. The van der Waals surface area contributed by atoms with Crippen LogP contribution in [0, 0.1) is 17.5 Å². The summed E-state index contributed by atoms with van der Waals surface area (Å²) in [6, 6.07) is 8.34. The summed E-state index contributed by atoms with van der Waals surface area (Å²) < 4.78 is 89.3. The van der Waals surface area contributed by atoms with Gasteiger partial charge >= 0.3 is 6.30 Å². The summed E-state index contributed by atoms with van der Waals surface area (Å²) in [6.45, 7) is -2.41. The third-order valence-electron chi connectivity index (χ3n) is 6.94. The minimum Gasteiger partial charge on any atom is -0.483 e. The molecule has 1 fully saturated rings. The fourth-order valence-electron chi connectivity index (χ4n) is 4.87. The van der Waals surface area contributed by atoms with Gasteiger partial charge in [0.2, 0.25) is 5.43 Å². The van der Waals surface area contributed by atoms with Crippen molar-refractivity contribution in [1.82, 2.24) is 19.7 Å². The van der Waals surface area contributed by atoms with Gasteiger partial charge in [0.05, 0.1) is 6.04 Å². The van der Waals surface area contributed by atoms with Crippen molar-refractivity contribution in [2.45, 2.75) is 25.5 Å². The van der Waals surface area contributed by atoms with E-state index in [4.69, 9.17) is 4.74 Å². The molecular formula is C27H22F6N4O4. The molecule has 5 rings (SSSR count). The molecule has 2 amide bonds. The number of amides is 2. The van der Waals surface area contributed by atoms with Crippen LogP contribution in [-0.4, -0.2) is 58.7 Å². The molecule has 1 aromatic heterocycles. The van der Waals surface area contributed by atoms with E-state index in [0.717, 1.165) is 10.8 Å². The first-order chi connectivity index (χ1) is 19.4. The standard InChI is InChI=1S/C27H22F6N4O4/c28-16-8-20(29)18(21(30)9-16)10-34-25(39)19-13-37-17-11-35(6-7-36(12-17)27(31,32)33)26(40)22(37)24(23(19)38)41-14-15-4-2-1-3-5-15/h1-5,8-9,13,17H,6-7,10-12,14H2,(H,34,39). The lowest BCUT2D eigenvalue weighted by molar-refractivity contribution is -0.245. The van der Waals surface area contributed by atoms with Gasteiger partial charge in [0.25, 0.3) is 11.8 Å². The number of halogens is 6. The number of pyridine rings is 1. The van der Waals surface area contributed by atoms with Crippen molar-refractivity contribution < 1.29 is 40.7 Å². The molecule has 41 heavy (non-hydrogen) atoms. The van der Waals surface area contributed by atoms with Crippen molar-refractivity contribution in [3.05, 3.63) is 98.7 Å². The second kappa shape index (κ2) is 10.9. The summed E-state index contributed by atoms with van der Waals surface area (Å²) >= 11 is 0. The molecule has 1 N–H and O–H groups in total. The summed E-state index contributed by atoms with van der Waals surface area (Å²) in [4.78, 5) is 41.4. The van der Waals surface area contributed by atoms with Crippen LogP contribution in [-0.2, 0) is 13.2 Å². The zero-order valence-corrected chi connectivity index (χ0v) is 21.2.